The maximum atomic E-state index is 12.5. The molecule has 5 nitrogen and oxygen atoms in total. The van der Waals surface area contributed by atoms with E-state index in [0.717, 1.165) is 0 Å². The maximum Gasteiger partial charge on any atom is 0.234 e. The van der Waals surface area contributed by atoms with E-state index in [1.165, 1.54) is 0 Å². The standard InChI is InChI=1S/C17H23Cl2N3O2/c1-12(2)20-16(23)11-21-6-8-22(9-7-21)17(24)10-13-14(18)4-3-5-15(13)19/h3-5,12H,6-11H2,1-2H3,(H,20,23). The molecule has 2 amide bonds. The zero-order valence-electron chi connectivity index (χ0n) is 14.0. The van der Waals surface area contributed by atoms with Crippen LogP contribution >= 0.6 is 23.2 Å². The van der Waals surface area contributed by atoms with Crippen molar-refractivity contribution >= 4 is 35.0 Å². The van der Waals surface area contributed by atoms with Crippen molar-refractivity contribution in [2.75, 3.05) is 32.7 Å². The van der Waals surface area contributed by atoms with Gasteiger partial charge in [0.2, 0.25) is 11.8 Å². The molecule has 1 aliphatic heterocycles. The predicted molar refractivity (Wildman–Crippen MR) is 96.5 cm³/mol. The molecule has 0 aromatic heterocycles. The van der Waals surface area contributed by atoms with Gasteiger partial charge in [-0.2, -0.15) is 0 Å². The first kappa shape index (κ1) is 19.0. The number of carbonyl (C=O) groups is 2. The highest BCUT2D eigenvalue weighted by Crippen LogP contribution is 2.25. The minimum absolute atomic E-state index is 0.0104. The third-order valence-electron chi connectivity index (χ3n) is 3.93. The van der Waals surface area contributed by atoms with Gasteiger partial charge in [-0.25, -0.2) is 0 Å². The smallest absolute Gasteiger partial charge is 0.234 e. The number of amides is 2. The summed E-state index contributed by atoms with van der Waals surface area (Å²) in [6.45, 7) is 6.84. The van der Waals surface area contributed by atoms with Crippen molar-refractivity contribution in [3.05, 3.63) is 33.8 Å². The maximum absolute atomic E-state index is 12.5. The van der Waals surface area contributed by atoms with Crippen LogP contribution in [0, 0.1) is 0 Å². The summed E-state index contributed by atoms with van der Waals surface area (Å²) < 4.78 is 0. The lowest BCUT2D eigenvalue weighted by Crippen LogP contribution is -2.51. The lowest BCUT2D eigenvalue weighted by Gasteiger charge is -2.34. The van der Waals surface area contributed by atoms with Crippen LogP contribution < -0.4 is 5.32 Å². The summed E-state index contributed by atoms with van der Waals surface area (Å²) in [6.07, 6.45) is 0.201. The minimum atomic E-state index is 0.0104. The molecular weight excluding hydrogens is 349 g/mol. The molecule has 24 heavy (non-hydrogen) atoms. The molecule has 2 rings (SSSR count). The third-order valence-corrected chi connectivity index (χ3v) is 4.64. The molecule has 0 bridgehead atoms. The van der Waals surface area contributed by atoms with E-state index in [1.54, 1.807) is 23.1 Å². The summed E-state index contributed by atoms with van der Waals surface area (Å²) in [7, 11) is 0. The largest absolute Gasteiger partial charge is 0.353 e. The number of hydrogen-bond donors (Lipinski definition) is 1. The molecular formula is C17H23Cl2N3O2. The highest BCUT2D eigenvalue weighted by molar-refractivity contribution is 6.36. The van der Waals surface area contributed by atoms with Crippen molar-refractivity contribution < 1.29 is 9.59 Å². The number of halogens is 2. The number of benzene rings is 1. The molecule has 132 valence electrons. The van der Waals surface area contributed by atoms with Gasteiger partial charge in [0.15, 0.2) is 0 Å². The quantitative estimate of drug-likeness (QED) is 0.862. The second kappa shape index (κ2) is 8.70. The van der Waals surface area contributed by atoms with E-state index in [2.05, 4.69) is 10.2 Å². The summed E-state index contributed by atoms with van der Waals surface area (Å²) in [5, 5.41) is 3.91. The van der Waals surface area contributed by atoms with Crippen LogP contribution in [0.1, 0.15) is 19.4 Å². The van der Waals surface area contributed by atoms with E-state index in [1.807, 2.05) is 13.8 Å². The van der Waals surface area contributed by atoms with Crippen LogP contribution in [0.3, 0.4) is 0 Å². The van der Waals surface area contributed by atoms with Crippen LogP contribution in [-0.4, -0.2) is 60.4 Å². The molecule has 1 saturated heterocycles. The van der Waals surface area contributed by atoms with Gasteiger partial charge in [-0.3, -0.25) is 14.5 Å². The first-order valence-electron chi connectivity index (χ1n) is 8.09. The monoisotopic (exact) mass is 371 g/mol. The van der Waals surface area contributed by atoms with E-state index < -0.39 is 0 Å². The van der Waals surface area contributed by atoms with Gasteiger partial charge in [-0.15, -0.1) is 0 Å². The van der Waals surface area contributed by atoms with Gasteiger partial charge in [0.05, 0.1) is 13.0 Å². The summed E-state index contributed by atoms with van der Waals surface area (Å²) in [4.78, 5) is 28.1. The van der Waals surface area contributed by atoms with Gasteiger partial charge in [-0.05, 0) is 31.5 Å². The minimum Gasteiger partial charge on any atom is -0.353 e. The van der Waals surface area contributed by atoms with Crippen molar-refractivity contribution in [2.45, 2.75) is 26.3 Å². The van der Waals surface area contributed by atoms with E-state index in [-0.39, 0.29) is 24.3 Å². The Kier molecular flexibility index (Phi) is 6.90. The van der Waals surface area contributed by atoms with Crippen LogP contribution in [0.4, 0.5) is 0 Å². The Balaban J connectivity index is 1.84. The molecule has 1 aromatic rings. The molecule has 1 heterocycles. The fourth-order valence-electron chi connectivity index (χ4n) is 2.69. The molecule has 1 N–H and O–H groups in total. The number of rotatable bonds is 5. The number of nitrogens with zero attached hydrogens (tertiary/aromatic N) is 2. The average Bonchev–Trinajstić information content (AvgIpc) is 2.50. The summed E-state index contributed by atoms with van der Waals surface area (Å²) in [5.41, 5.74) is 0.671. The van der Waals surface area contributed by atoms with Crippen molar-refractivity contribution in [2.24, 2.45) is 0 Å². The molecule has 0 unspecified atom stereocenters. The Morgan fingerprint density at radius 2 is 1.71 bits per heavy atom. The topological polar surface area (TPSA) is 52.7 Å². The first-order valence-corrected chi connectivity index (χ1v) is 8.84. The number of carbonyl (C=O) groups excluding carboxylic acids is 2. The van der Waals surface area contributed by atoms with Crippen molar-refractivity contribution in [1.82, 2.24) is 15.1 Å². The van der Waals surface area contributed by atoms with Gasteiger partial charge in [0, 0.05) is 42.3 Å². The Bertz CT molecular complexity index is 579. The van der Waals surface area contributed by atoms with Crippen LogP contribution in [0.15, 0.2) is 18.2 Å². The molecule has 1 aliphatic rings. The second-order valence-electron chi connectivity index (χ2n) is 6.26. The van der Waals surface area contributed by atoms with E-state index in [9.17, 15) is 9.59 Å². The highest BCUT2D eigenvalue weighted by Gasteiger charge is 2.23. The van der Waals surface area contributed by atoms with Crippen molar-refractivity contribution in [3.8, 4) is 0 Å². The van der Waals surface area contributed by atoms with Crippen molar-refractivity contribution in [1.29, 1.82) is 0 Å². The van der Waals surface area contributed by atoms with E-state index in [4.69, 9.17) is 23.2 Å². The zero-order valence-corrected chi connectivity index (χ0v) is 15.5. The molecule has 1 fully saturated rings. The fraction of sp³-hybridized carbons (Fsp3) is 0.529. The summed E-state index contributed by atoms with van der Waals surface area (Å²) in [6, 6.07) is 5.38. The Hall–Kier alpha value is -1.30. The van der Waals surface area contributed by atoms with E-state index in [0.29, 0.717) is 48.3 Å². The molecule has 7 heteroatoms. The molecule has 0 atom stereocenters. The number of hydrogen-bond acceptors (Lipinski definition) is 3. The SMILES string of the molecule is CC(C)NC(=O)CN1CCN(C(=O)Cc2c(Cl)cccc2Cl)CC1. The van der Waals surface area contributed by atoms with Crippen LogP contribution in [0.25, 0.3) is 0 Å². The average molecular weight is 372 g/mol. The van der Waals surface area contributed by atoms with E-state index >= 15 is 0 Å². The van der Waals surface area contributed by atoms with Crippen molar-refractivity contribution in [3.63, 3.8) is 0 Å². The third kappa shape index (κ3) is 5.36. The molecule has 0 spiro atoms. The lowest BCUT2D eigenvalue weighted by molar-refractivity contribution is -0.132. The van der Waals surface area contributed by atoms with Gasteiger partial charge >= 0.3 is 0 Å². The second-order valence-corrected chi connectivity index (χ2v) is 7.07. The molecule has 0 aliphatic carbocycles. The molecule has 1 aromatic carbocycles. The van der Waals surface area contributed by atoms with Crippen LogP contribution in [-0.2, 0) is 16.0 Å². The Morgan fingerprint density at radius 1 is 1.12 bits per heavy atom. The number of piperazine rings is 1. The van der Waals surface area contributed by atoms with Gasteiger partial charge in [0.25, 0.3) is 0 Å². The van der Waals surface area contributed by atoms with Gasteiger partial charge in [0.1, 0.15) is 0 Å². The normalized spacial score (nSPS) is 15.6. The molecule has 0 saturated carbocycles. The van der Waals surface area contributed by atoms with Gasteiger partial charge < -0.3 is 10.2 Å². The van der Waals surface area contributed by atoms with Crippen LogP contribution in [0.2, 0.25) is 10.0 Å². The Labute approximate surface area is 152 Å². The number of nitrogens with one attached hydrogen (secondary N) is 1. The fourth-order valence-corrected chi connectivity index (χ4v) is 3.22. The Morgan fingerprint density at radius 3 is 2.25 bits per heavy atom. The summed E-state index contributed by atoms with van der Waals surface area (Å²) in [5.74, 6) is 0.0314. The van der Waals surface area contributed by atoms with Gasteiger partial charge in [-0.1, -0.05) is 29.3 Å². The predicted octanol–water partition coefficient (Wildman–Crippen LogP) is 2.20. The zero-order chi connectivity index (χ0) is 17.7. The highest BCUT2D eigenvalue weighted by atomic mass is 35.5. The van der Waals surface area contributed by atoms with Crippen LogP contribution in [0.5, 0.6) is 0 Å². The first-order chi connectivity index (χ1) is 11.4. The lowest BCUT2D eigenvalue weighted by atomic mass is 10.1. The summed E-state index contributed by atoms with van der Waals surface area (Å²) >= 11 is 12.3. The molecule has 0 radical (unpaired) electrons.